The number of nitrogens with zero attached hydrogens (tertiary/aromatic N) is 1. The van der Waals surface area contributed by atoms with Crippen LogP contribution in [0.3, 0.4) is 0 Å². The summed E-state index contributed by atoms with van der Waals surface area (Å²) in [4.78, 5) is -0.181. The lowest BCUT2D eigenvalue weighted by Gasteiger charge is -2.24. The third-order valence-electron chi connectivity index (χ3n) is 3.45. The van der Waals surface area contributed by atoms with Crippen molar-refractivity contribution in [3.63, 3.8) is 0 Å². The number of halogens is 2. The van der Waals surface area contributed by atoms with Gasteiger partial charge in [-0.25, -0.2) is 12.8 Å². The van der Waals surface area contributed by atoms with E-state index in [-0.39, 0.29) is 17.2 Å². The van der Waals surface area contributed by atoms with Crippen molar-refractivity contribution < 1.29 is 17.5 Å². The minimum Gasteiger partial charge on any atom is -0.494 e. The van der Waals surface area contributed by atoms with Crippen molar-refractivity contribution in [2.75, 3.05) is 18.0 Å². The number of aryl methyl sites for hydroxylation is 1. The molecule has 4 nitrogen and oxygen atoms in total. The Morgan fingerprint density at radius 1 is 1.29 bits per heavy atom. The molecule has 0 heterocycles. The van der Waals surface area contributed by atoms with Crippen LogP contribution < -0.4 is 9.04 Å². The van der Waals surface area contributed by atoms with E-state index < -0.39 is 15.8 Å². The van der Waals surface area contributed by atoms with Crippen molar-refractivity contribution in [3.8, 4) is 5.75 Å². The molecule has 0 unspecified atom stereocenters. The largest absolute Gasteiger partial charge is 0.494 e. The lowest BCUT2D eigenvalue weighted by atomic mass is 10.2. The van der Waals surface area contributed by atoms with Crippen LogP contribution in [0.2, 0.25) is 5.02 Å². The number of hydrogen-bond acceptors (Lipinski definition) is 3. The van der Waals surface area contributed by atoms with Crippen molar-refractivity contribution >= 4 is 27.3 Å². The lowest BCUT2D eigenvalue weighted by Crippen LogP contribution is -2.31. The first kappa shape index (κ1) is 18.3. The van der Waals surface area contributed by atoms with Crippen LogP contribution in [-0.4, -0.2) is 22.1 Å². The summed E-state index contributed by atoms with van der Waals surface area (Å²) in [6.45, 7) is 5.42. The van der Waals surface area contributed by atoms with Gasteiger partial charge in [-0.05, 0) is 42.8 Å². The molecule has 0 saturated carbocycles. The van der Waals surface area contributed by atoms with Gasteiger partial charge in [0.25, 0.3) is 10.0 Å². The van der Waals surface area contributed by atoms with E-state index in [0.29, 0.717) is 10.7 Å². The van der Waals surface area contributed by atoms with Gasteiger partial charge in [0.05, 0.1) is 24.2 Å². The number of sulfonamides is 1. The van der Waals surface area contributed by atoms with Gasteiger partial charge < -0.3 is 4.74 Å². The summed E-state index contributed by atoms with van der Waals surface area (Å²) in [5, 5.41) is 0.442. The van der Waals surface area contributed by atoms with E-state index in [1.54, 1.807) is 18.2 Å². The molecule has 0 atom stereocenters. The molecule has 2 rings (SSSR count). The van der Waals surface area contributed by atoms with E-state index in [4.69, 9.17) is 16.3 Å². The summed E-state index contributed by atoms with van der Waals surface area (Å²) in [6, 6.07) is 8.41. The summed E-state index contributed by atoms with van der Waals surface area (Å²) in [6.07, 6.45) is 1.45. The van der Waals surface area contributed by atoms with Crippen LogP contribution in [0.15, 0.2) is 53.9 Å². The Balaban J connectivity index is 2.54. The molecule has 0 bridgehead atoms. The molecule has 2 aromatic carbocycles. The van der Waals surface area contributed by atoms with E-state index >= 15 is 0 Å². The maximum Gasteiger partial charge on any atom is 0.264 e. The van der Waals surface area contributed by atoms with E-state index in [0.717, 1.165) is 15.9 Å². The molecule has 7 heteroatoms. The van der Waals surface area contributed by atoms with Crippen molar-refractivity contribution in [1.29, 1.82) is 0 Å². The first-order valence-electron chi connectivity index (χ1n) is 7.04. The normalized spacial score (nSPS) is 11.2. The van der Waals surface area contributed by atoms with E-state index in [1.807, 2.05) is 6.92 Å². The number of methoxy groups -OCH3 is 1. The maximum atomic E-state index is 13.9. The average molecular weight is 370 g/mol. The molecular formula is C17H17ClFNO3S. The molecule has 0 aliphatic rings. The van der Waals surface area contributed by atoms with Gasteiger partial charge in [0.15, 0.2) is 11.6 Å². The zero-order valence-electron chi connectivity index (χ0n) is 13.3. The molecular weight excluding hydrogens is 353 g/mol. The summed E-state index contributed by atoms with van der Waals surface area (Å²) < 4.78 is 45.6. The van der Waals surface area contributed by atoms with Gasteiger partial charge in [-0.1, -0.05) is 23.7 Å². The van der Waals surface area contributed by atoms with Gasteiger partial charge in [0.1, 0.15) is 0 Å². The molecule has 0 aliphatic heterocycles. The van der Waals surface area contributed by atoms with Crippen LogP contribution >= 0.6 is 11.6 Å². The first-order chi connectivity index (χ1) is 11.3. The fourth-order valence-corrected chi connectivity index (χ4v) is 3.75. The Bertz CT molecular complexity index is 868. The number of rotatable bonds is 6. The number of ether oxygens (including phenoxy) is 1. The second-order valence-corrected chi connectivity index (χ2v) is 7.32. The summed E-state index contributed by atoms with van der Waals surface area (Å²) in [7, 11) is -2.68. The smallest absolute Gasteiger partial charge is 0.264 e. The number of anilines is 1. The second kappa shape index (κ2) is 7.23. The molecule has 0 aliphatic carbocycles. The maximum absolute atomic E-state index is 13.9. The molecule has 0 aromatic heterocycles. The molecule has 24 heavy (non-hydrogen) atoms. The summed E-state index contributed by atoms with van der Waals surface area (Å²) >= 11 is 6.10. The Kier molecular flexibility index (Phi) is 5.51. The molecule has 0 spiro atoms. The summed E-state index contributed by atoms with van der Waals surface area (Å²) in [5.41, 5.74) is 1.20. The predicted molar refractivity (Wildman–Crippen MR) is 93.9 cm³/mol. The van der Waals surface area contributed by atoms with Gasteiger partial charge in [0.2, 0.25) is 0 Å². The first-order valence-corrected chi connectivity index (χ1v) is 8.86. The van der Waals surface area contributed by atoms with Crippen LogP contribution in [0.5, 0.6) is 5.75 Å². The molecule has 2 aromatic rings. The summed E-state index contributed by atoms with van der Waals surface area (Å²) in [5.74, 6) is -0.776. The topological polar surface area (TPSA) is 46.6 Å². The van der Waals surface area contributed by atoms with Gasteiger partial charge in [-0.3, -0.25) is 4.31 Å². The average Bonchev–Trinajstić information content (AvgIpc) is 2.55. The predicted octanol–water partition coefficient (Wildman–Crippen LogP) is 4.18. The fourth-order valence-electron chi connectivity index (χ4n) is 2.13. The molecule has 0 saturated heterocycles. The lowest BCUT2D eigenvalue weighted by molar-refractivity contribution is 0.385. The zero-order chi connectivity index (χ0) is 17.9. The van der Waals surface area contributed by atoms with Crippen LogP contribution in [0, 0.1) is 12.7 Å². The van der Waals surface area contributed by atoms with E-state index in [1.165, 1.54) is 25.3 Å². The van der Waals surface area contributed by atoms with E-state index in [9.17, 15) is 12.8 Å². The molecule has 128 valence electrons. The van der Waals surface area contributed by atoms with Crippen molar-refractivity contribution in [3.05, 3.63) is 65.5 Å². The van der Waals surface area contributed by atoms with Crippen LogP contribution in [0.25, 0.3) is 0 Å². The highest BCUT2D eigenvalue weighted by molar-refractivity contribution is 7.92. The highest BCUT2D eigenvalue weighted by Crippen LogP contribution is 2.29. The standard InChI is InChI=1S/C17H17ClFNO3S/c1-4-9-20(13-6-5-12(2)15(18)10-13)24(21,22)14-7-8-17(23-3)16(19)11-14/h4-8,10-11H,1,9H2,2-3H3. The molecule has 0 radical (unpaired) electrons. The minimum absolute atomic E-state index is 0.0232. The molecule has 0 fully saturated rings. The van der Waals surface area contributed by atoms with Crippen LogP contribution in [0.4, 0.5) is 10.1 Å². The van der Waals surface area contributed by atoms with Gasteiger partial charge in [-0.2, -0.15) is 0 Å². The Hall–Kier alpha value is -2.05. The minimum atomic E-state index is -3.99. The number of hydrogen-bond donors (Lipinski definition) is 0. The fraction of sp³-hybridized carbons (Fsp3) is 0.176. The van der Waals surface area contributed by atoms with Crippen molar-refractivity contribution in [2.45, 2.75) is 11.8 Å². The Morgan fingerprint density at radius 3 is 2.54 bits per heavy atom. The van der Waals surface area contributed by atoms with Crippen molar-refractivity contribution in [1.82, 2.24) is 0 Å². The Morgan fingerprint density at radius 2 is 2.00 bits per heavy atom. The quantitative estimate of drug-likeness (QED) is 0.718. The van der Waals surface area contributed by atoms with E-state index in [2.05, 4.69) is 6.58 Å². The van der Waals surface area contributed by atoms with Gasteiger partial charge in [0, 0.05) is 5.02 Å². The van der Waals surface area contributed by atoms with Gasteiger partial charge >= 0.3 is 0 Å². The Labute approximate surface area is 146 Å². The third kappa shape index (κ3) is 3.55. The van der Waals surface area contributed by atoms with Gasteiger partial charge in [-0.15, -0.1) is 6.58 Å². The van der Waals surface area contributed by atoms with Crippen molar-refractivity contribution in [2.24, 2.45) is 0 Å². The SMILES string of the molecule is C=CCN(c1ccc(C)c(Cl)c1)S(=O)(=O)c1ccc(OC)c(F)c1. The third-order valence-corrected chi connectivity index (χ3v) is 5.65. The van der Waals surface area contributed by atoms with Crippen LogP contribution in [-0.2, 0) is 10.0 Å². The highest BCUT2D eigenvalue weighted by atomic mass is 35.5. The second-order valence-electron chi connectivity index (χ2n) is 5.05. The molecule has 0 amide bonds. The highest BCUT2D eigenvalue weighted by Gasteiger charge is 2.25. The zero-order valence-corrected chi connectivity index (χ0v) is 14.9. The monoisotopic (exact) mass is 369 g/mol. The molecule has 0 N–H and O–H groups in total. The van der Waals surface area contributed by atoms with Crippen LogP contribution in [0.1, 0.15) is 5.56 Å². The number of benzene rings is 2.